The maximum atomic E-state index is 12.4. The molecule has 0 spiro atoms. The second-order valence-electron chi connectivity index (χ2n) is 5.02. The van der Waals surface area contributed by atoms with Crippen LogP contribution >= 0.6 is 0 Å². The number of hydrogen-bond donors (Lipinski definition) is 2. The summed E-state index contributed by atoms with van der Waals surface area (Å²) in [5, 5.41) is 11.4. The van der Waals surface area contributed by atoms with Gasteiger partial charge in [0, 0.05) is 13.1 Å². The van der Waals surface area contributed by atoms with Crippen LogP contribution in [0.3, 0.4) is 0 Å². The van der Waals surface area contributed by atoms with Crippen molar-refractivity contribution in [2.24, 2.45) is 0 Å². The van der Waals surface area contributed by atoms with Crippen LogP contribution in [-0.4, -0.2) is 49.4 Å². The highest BCUT2D eigenvalue weighted by atomic mass is 32.2. The van der Waals surface area contributed by atoms with Crippen LogP contribution in [0.5, 0.6) is 5.75 Å². The summed E-state index contributed by atoms with van der Waals surface area (Å²) in [5.74, 6) is -1.33. The number of ether oxygens (including phenoxy) is 1. The van der Waals surface area contributed by atoms with Crippen LogP contribution in [0.4, 0.5) is 5.69 Å². The van der Waals surface area contributed by atoms with Crippen molar-refractivity contribution in [3.05, 3.63) is 17.7 Å². The van der Waals surface area contributed by atoms with Crippen molar-refractivity contribution in [1.82, 2.24) is 4.31 Å². The molecule has 1 aromatic rings. The summed E-state index contributed by atoms with van der Waals surface area (Å²) in [4.78, 5) is 22.2. The topological polar surface area (TPSA) is 113 Å². The Morgan fingerprint density at radius 1 is 1.45 bits per heavy atom. The summed E-state index contributed by atoms with van der Waals surface area (Å²) in [6.45, 7) is 2.46. The van der Waals surface area contributed by atoms with E-state index in [0.717, 1.165) is 4.31 Å². The number of nitrogens with one attached hydrogen (secondary N) is 1. The first-order valence-corrected chi connectivity index (χ1v) is 7.87. The van der Waals surface area contributed by atoms with E-state index in [1.807, 2.05) is 0 Å². The number of aliphatic carboxylic acids is 1. The molecule has 0 fully saturated rings. The lowest BCUT2D eigenvalue weighted by Gasteiger charge is -2.25. The van der Waals surface area contributed by atoms with Gasteiger partial charge in [-0.2, -0.15) is 4.31 Å². The fourth-order valence-corrected chi connectivity index (χ4v) is 3.40. The molecule has 0 saturated carbocycles. The van der Waals surface area contributed by atoms with Crippen molar-refractivity contribution in [2.75, 3.05) is 18.9 Å². The Bertz CT molecular complexity index is 743. The number of anilines is 1. The van der Waals surface area contributed by atoms with E-state index in [-0.39, 0.29) is 16.6 Å². The van der Waals surface area contributed by atoms with Gasteiger partial charge < -0.3 is 15.2 Å². The van der Waals surface area contributed by atoms with Crippen molar-refractivity contribution in [2.45, 2.75) is 24.8 Å². The molecule has 120 valence electrons. The number of likely N-dealkylation sites (N-methyl/N-ethyl adjacent to an activating group) is 1. The molecule has 0 unspecified atom stereocenters. The molecule has 1 aliphatic rings. The minimum atomic E-state index is -3.97. The Morgan fingerprint density at radius 2 is 2.09 bits per heavy atom. The van der Waals surface area contributed by atoms with Crippen LogP contribution in [0.25, 0.3) is 0 Å². The van der Waals surface area contributed by atoms with Gasteiger partial charge in [-0.1, -0.05) is 0 Å². The Hall–Kier alpha value is -2.13. The van der Waals surface area contributed by atoms with Crippen molar-refractivity contribution >= 4 is 27.6 Å². The molecule has 0 bridgehead atoms. The molecule has 9 heteroatoms. The number of nitrogens with zero attached hydrogens (tertiary/aromatic N) is 1. The van der Waals surface area contributed by atoms with Gasteiger partial charge in [0.25, 0.3) is 5.91 Å². The normalized spacial score (nSPS) is 17.6. The lowest BCUT2D eigenvalue weighted by molar-refractivity contribution is -0.137. The third kappa shape index (κ3) is 2.90. The molecule has 0 aromatic heterocycles. The molecule has 22 heavy (non-hydrogen) atoms. The van der Waals surface area contributed by atoms with Crippen molar-refractivity contribution in [3.8, 4) is 5.75 Å². The van der Waals surface area contributed by atoms with E-state index < -0.39 is 28.6 Å². The number of carbonyl (C=O) groups excluding carboxylic acids is 1. The first-order valence-electron chi connectivity index (χ1n) is 6.43. The Labute approximate surface area is 127 Å². The summed E-state index contributed by atoms with van der Waals surface area (Å²) in [5.41, 5.74) is 0.773. The highest BCUT2D eigenvalue weighted by molar-refractivity contribution is 7.89. The molecule has 2 rings (SSSR count). The van der Waals surface area contributed by atoms with Gasteiger partial charge >= 0.3 is 5.97 Å². The number of carbonyl (C=O) groups is 2. The maximum Gasteiger partial charge on any atom is 0.318 e. The number of carboxylic acid groups (broad SMARTS) is 1. The molecular formula is C13H16N2O6S. The fraction of sp³-hybridized carbons (Fsp3) is 0.385. The highest BCUT2D eigenvalue weighted by Gasteiger charge is 2.29. The number of rotatable bonds is 4. The van der Waals surface area contributed by atoms with Gasteiger partial charge in [0.15, 0.2) is 6.10 Å². The van der Waals surface area contributed by atoms with Gasteiger partial charge in [-0.25, -0.2) is 8.42 Å². The number of benzene rings is 1. The third-order valence-corrected chi connectivity index (χ3v) is 5.20. The molecular weight excluding hydrogens is 312 g/mol. The van der Waals surface area contributed by atoms with E-state index in [9.17, 15) is 18.0 Å². The summed E-state index contributed by atoms with van der Waals surface area (Å²) >= 11 is 0. The zero-order valence-electron chi connectivity index (χ0n) is 12.3. The molecule has 1 amide bonds. The van der Waals surface area contributed by atoms with E-state index in [2.05, 4.69) is 5.32 Å². The van der Waals surface area contributed by atoms with Crippen LogP contribution in [0.15, 0.2) is 17.0 Å². The zero-order chi connectivity index (χ0) is 16.7. The molecule has 1 atom stereocenters. The highest BCUT2D eigenvalue weighted by Crippen LogP contribution is 2.35. The second kappa shape index (κ2) is 5.58. The minimum absolute atomic E-state index is 0.0571. The van der Waals surface area contributed by atoms with Crippen LogP contribution in [0.1, 0.15) is 12.5 Å². The molecule has 1 aromatic carbocycles. The fourth-order valence-electron chi connectivity index (χ4n) is 2.06. The summed E-state index contributed by atoms with van der Waals surface area (Å²) in [6, 6.07) is 2.79. The van der Waals surface area contributed by atoms with Gasteiger partial charge in [0.2, 0.25) is 10.0 Å². The predicted octanol–water partition coefficient (Wildman–Crippen LogP) is 0.420. The largest absolute Gasteiger partial charge is 0.480 e. The molecule has 0 aliphatic carbocycles. The monoisotopic (exact) mass is 328 g/mol. The average Bonchev–Trinajstić information content (AvgIpc) is 2.39. The van der Waals surface area contributed by atoms with Crippen molar-refractivity contribution in [3.63, 3.8) is 0 Å². The van der Waals surface area contributed by atoms with Gasteiger partial charge in [-0.05, 0) is 25.5 Å². The van der Waals surface area contributed by atoms with Crippen LogP contribution in [0, 0.1) is 6.92 Å². The third-order valence-electron chi connectivity index (χ3n) is 3.25. The van der Waals surface area contributed by atoms with Crippen molar-refractivity contribution in [1.29, 1.82) is 0 Å². The van der Waals surface area contributed by atoms with Crippen LogP contribution in [-0.2, 0) is 19.6 Å². The Morgan fingerprint density at radius 3 is 2.68 bits per heavy atom. The molecule has 8 nitrogen and oxygen atoms in total. The van der Waals surface area contributed by atoms with Gasteiger partial charge in [0.1, 0.15) is 12.3 Å². The van der Waals surface area contributed by atoms with E-state index in [1.54, 1.807) is 13.8 Å². The van der Waals surface area contributed by atoms with Crippen LogP contribution in [0.2, 0.25) is 0 Å². The minimum Gasteiger partial charge on any atom is -0.480 e. The predicted molar refractivity (Wildman–Crippen MR) is 77.4 cm³/mol. The quantitative estimate of drug-likeness (QED) is 0.828. The summed E-state index contributed by atoms with van der Waals surface area (Å²) in [6.07, 6.45) is -0.734. The Kier molecular flexibility index (Phi) is 4.12. The smallest absolute Gasteiger partial charge is 0.318 e. The van der Waals surface area contributed by atoms with E-state index in [0.29, 0.717) is 11.3 Å². The molecule has 0 radical (unpaired) electrons. The molecule has 0 saturated heterocycles. The number of fused-ring (bicyclic) bond motifs is 1. The van der Waals surface area contributed by atoms with Gasteiger partial charge in [0.05, 0.1) is 10.6 Å². The summed E-state index contributed by atoms with van der Waals surface area (Å²) < 4.78 is 31.0. The number of sulfonamides is 1. The number of amides is 1. The average molecular weight is 328 g/mol. The van der Waals surface area contributed by atoms with Gasteiger partial charge in [-0.15, -0.1) is 0 Å². The van der Waals surface area contributed by atoms with Crippen molar-refractivity contribution < 1.29 is 27.9 Å². The number of hydrogen-bond acceptors (Lipinski definition) is 5. The second-order valence-corrected chi connectivity index (χ2v) is 7.03. The maximum absolute atomic E-state index is 12.4. The Balaban J connectivity index is 2.47. The number of aryl methyl sites for hydroxylation is 1. The first-order chi connectivity index (χ1) is 10.1. The molecule has 1 aliphatic heterocycles. The first kappa shape index (κ1) is 16.2. The molecule has 1 heterocycles. The zero-order valence-corrected chi connectivity index (χ0v) is 13.1. The van der Waals surface area contributed by atoms with E-state index in [1.165, 1.54) is 19.2 Å². The summed E-state index contributed by atoms with van der Waals surface area (Å²) in [7, 11) is -2.78. The van der Waals surface area contributed by atoms with Crippen LogP contribution < -0.4 is 10.1 Å². The number of carboxylic acids is 1. The van der Waals surface area contributed by atoms with E-state index in [4.69, 9.17) is 9.84 Å². The SMILES string of the molecule is Cc1cc2c(cc1S(=O)(=O)N(C)CC(=O)O)O[C@@H](C)C(=O)N2. The standard InChI is InChI=1S/C13H16N2O6S/c1-7-4-9-10(21-8(2)13(18)14-9)5-11(7)22(19,20)15(3)6-12(16)17/h4-5,8H,6H2,1-3H3,(H,14,18)(H,16,17)/t8-/m0/s1. The lowest BCUT2D eigenvalue weighted by Crippen LogP contribution is -2.35. The van der Waals surface area contributed by atoms with E-state index >= 15 is 0 Å². The molecule has 2 N–H and O–H groups in total. The van der Waals surface area contributed by atoms with Gasteiger partial charge in [-0.3, -0.25) is 9.59 Å². The lowest BCUT2D eigenvalue weighted by atomic mass is 10.1.